The average molecular weight is 419 g/mol. The van der Waals surface area contributed by atoms with E-state index in [4.69, 9.17) is 0 Å². The van der Waals surface area contributed by atoms with Crippen molar-refractivity contribution >= 4 is 34.8 Å². The lowest BCUT2D eigenvalue weighted by Gasteiger charge is -2.34. The number of hydrogen-bond acceptors (Lipinski definition) is 5. The number of nitrogens with zero attached hydrogens (tertiary/aromatic N) is 3. The van der Waals surface area contributed by atoms with Crippen molar-refractivity contribution in [2.75, 3.05) is 31.5 Å². The molecule has 1 aromatic heterocycles. The summed E-state index contributed by atoms with van der Waals surface area (Å²) in [4.78, 5) is 22.7. The summed E-state index contributed by atoms with van der Waals surface area (Å²) in [7, 11) is 0. The third-order valence-electron chi connectivity index (χ3n) is 5.06. The summed E-state index contributed by atoms with van der Waals surface area (Å²) in [5, 5.41) is 6.93. The number of nitrogens with one attached hydrogen (secondary N) is 1. The van der Waals surface area contributed by atoms with Crippen LogP contribution in [0.25, 0.3) is 0 Å². The molecular formula is C21H30N4OS2. The fourth-order valence-corrected chi connectivity index (χ4v) is 4.81. The SMILES string of the molecule is CCC(C)Sc1ccc(NC(=O)N2CCN(Cc3csc(C)n3)CC2)c(C)c1. The van der Waals surface area contributed by atoms with Gasteiger partial charge < -0.3 is 10.2 Å². The average Bonchev–Trinajstić information content (AvgIpc) is 3.09. The molecule has 0 saturated carbocycles. The number of rotatable bonds is 6. The molecule has 1 saturated heterocycles. The molecule has 5 nitrogen and oxygen atoms in total. The largest absolute Gasteiger partial charge is 0.322 e. The Balaban J connectivity index is 1.50. The normalized spacial score (nSPS) is 16.2. The monoisotopic (exact) mass is 418 g/mol. The Morgan fingerprint density at radius 1 is 1.29 bits per heavy atom. The zero-order valence-electron chi connectivity index (χ0n) is 17.2. The highest BCUT2D eigenvalue weighted by Crippen LogP contribution is 2.28. The van der Waals surface area contributed by atoms with E-state index in [0.717, 1.165) is 61.1 Å². The Morgan fingerprint density at radius 2 is 2.04 bits per heavy atom. The molecule has 152 valence electrons. The Labute approximate surface area is 176 Å². The van der Waals surface area contributed by atoms with E-state index in [1.807, 2.05) is 29.7 Å². The minimum Gasteiger partial charge on any atom is -0.322 e. The first kappa shape index (κ1) is 21.1. The van der Waals surface area contributed by atoms with Crippen LogP contribution in [0.2, 0.25) is 0 Å². The molecule has 0 spiro atoms. The highest BCUT2D eigenvalue weighted by Gasteiger charge is 2.22. The Bertz CT molecular complexity index is 799. The Kier molecular flexibility index (Phi) is 7.37. The lowest BCUT2D eigenvalue weighted by molar-refractivity contribution is 0.142. The summed E-state index contributed by atoms with van der Waals surface area (Å²) < 4.78 is 0. The number of hydrogen-bond donors (Lipinski definition) is 1. The Hall–Kier alpha value is -1.57. The maximum absolute atomic E-state index is 12.7. The van der Waals surface area contributed by atoms with Crippen molar-refractivity contribution in [2.45, 2.75) is 50.8 Å². The number of urea groups is 1. The second-order valence-corrected chi connectivity index (χ2v) is 9.94. The molecule has 3 rings (SSSR count). The Morgan fingerprint density at radius 3 is 2.64 bits per heavy atom. The van der Waals surface area contributed by atoms with Crippen molar-refractivity contribution in [1.29, 1.82) is 0 Å². The quantitative estimate of drug-likeness (QED) is 0.671. The number of anilines is 1. The second kappa shape index (κ2) is 9.76. The zero-order valence-corrected chi connectivity index (χ0v) is 18.8. The van der Waals surface area contributed by atoms with Gasteiger partial charge in [0.2, 0.25) is 0 Å². The number of piperazine rings is 1. The number of aromatic nitrogens is 1. The van der Waals surface area contributed by atoms with Gasteiger partial charge in [0.1, 0.15) is 0 Å². The van der Waals surface area contributed by atoms with Gasteiger partial charge in [0.05, 0.1) is 10.7 Å². The van der Waals surface area contributed by atoms with Crippen molar-refractivity contribution in [3.05, 3.63) is 39.8 Å². The lowest BCUT2D eigenvalue weighted by Crippen LogP contribution is -2.49. The van der Waals surface area contributed by atoms with E-state index in [-0.39, 0.29) is 6.03 Å². The molecule has 0 radical (unpaired) electrons. The van der Waals surface area contributed by atoms with Crippen LogP contribution in [-0.2, 0) is 6.54 Å². The number of benzene rings is 1. The number of carbonyl (C=O) groups excluding carboxylic acids is 1. The molecule has 0 bridgehead atoms. The molecule has 1 aromatic carbocycles. The molecule has 1 atom stereocenters. The maximum atomic E-state index is 12.7. The van der Waals surface area contributed by atoms with E-state index in [0.29, 0.717) is 5.25 Å². The second-order valence-electron chi connectivity index (χ2n) is 7.36. The van der Waals surface area contributed by atoms with Crippen LogP contribution in [0.15, 0.2) is 28.5 Å². The highest BCUT2D eigenvalue weighted by molar-refractivity contribution is 7.99. The van der Waals surface area contributed by atoms with Crippen molar-refractivity contribution in [3.8, 4) is 0 Å². The standard InChI is InChI=1S/C21H30N4OS2/c1-5-16(3)28-19-6-7-20(15(2)12-19)23-21(26)25-10-8-24(9-11-25)13-18-14-27-17(4)22-18/h6-7,12,14,16H,5,8-11,13H2,1-4H3,(H,23,26). The van der Waals surface area contributed by atoms with E-state index >= 15 is 0 Å². The first-order valence-corrected chi connectivity index (χ1v) is 11.7. The van der Waals surface area contributed by atoms with Gasteiger partial charge in [-0.1, -0.05) is 13.8 Å². The summed E-state index contributed by atoms with van der Waals surface area (Å²) in [5.74, 6) is 0. The van der Waals surface area contributed by atoms with Crippen molar-refractivity contribution in [3.63, 3.8) is 0 Å². The van der Waals surface area contributed by atoms with Gasteiger partial charge in [0, 0.05) is 53.9 Å². The van der Waals surface area contributed by atoms with Gasteiger partial charge in [-0.25, -0.2) is 9.78 Å². The number of carbonyl (C=O) groups is 1. The van der Waals surface area contributed by atoms with Crippen molar-refractivity contribution in [1.82, 2.24) is 14.8 Å². The van der Waals surface area contributed by atoms with Crippen molar-refractivity contribution in [2.24, 2.45) is 0 Å². The van der Waals surface area contributed by atoms with Crippen LogP contribution < -0.4 is 5.32 Å². The fraction of sp³-hybridized carbons (Fsp3) is 0.524. The van der Waals surface area contributed by atoms with Crippen LogP contribution in [-0.4, -0.2) is 52.2 Å². The predicted molar refractivity (Wildman–Crippen MR) is 120 cm³/mol. The van der Waals surface area contributed by atoms with Gasteiger partial charge in [-0.3, -0.25) is 4.90 Å². The molecule has 1 N–H and O–H groups in total. The lowest BCUT2D eigenvalue weighted by atomic mass is 10.2. The van der Waals surface area contributed by atoms with E-state index < -0.39 is 0 Å². The van der Waals surface area contributed by atoms with Crippen LogP contribution in [0.1, 0.15) is 36.5 Å². The molecule has 1 fully saturated rings. The van der Waals surface area contributed by atoms with Crippen molar-refractivity contribution < 1.29 is 4.79 Å². The molecule has 1 aliphatic rings. The molecule has 2 heterocycles. The summed E-state index contributed by atoms with van der Waals surface area (Å²) >= 11 is 3.58. The maximum Gasteiger partial charge on any atom is 0.321 e. The number of thiazole rings is 1. The number of thioether (sulfide) groups is 1. The topological polar surface area (TPSA) is 48.5 Å². The summed E-state index contributed by atoms with van der Waals surface area (Å²) in [5.41, 5.74) is 3.14. The van der Waals surface area contributed by atoms with Crippen LogP contribution in [0.3, 0.4) is 0 Å². The molecule has 7 heteroatoms. The van der Waals surface area contributed by atoms with Gasteiger partial charge in [0.15, 0.2) is 0 Å². The van der Waals surface area contributed by atoms with Crippen LogP contribution in [0, 0.1) is 13.8 Å². The molecule has 2 aromatic rings. The molecular weight excluding hydrogens is 388 g/mol. The van der Waals surface area contributed by atoms with Gasteiger partial charge in [-0.2, -0.15) is 0 Å². The minimum atomic E-state index is -0.00502. The van der Waals surface area contributed by atoms with E-state index in [1.54, 1.807) is 11.3 Å². The minimum absolute atomic E-state index is 0.00502. The number of aryl methyl sites for hydroxylation is 2. The fourth-order valence-electron chi connectivity index (χ4n) is 3.18. The summed E-state index contributed by atoms with van der Waals surface area (Å²) in [6, 6.07) is 6.29. The smallest absolute Gasteiger partial charge is 0.321 e. The van der Waals surface area contributed by atoms with E-state index in [2.05, 4.69) is 53.5 Å². The first-order chi connectivity index (χ1) is 13.4. The molecule has 2 amide bonds. The van der Waals surface area contributed by atoms with E-state index in [1.165, 1.54) is 4.90 Å². The van der Waals surface area contributed by atoms with Gasteiger partial charge in [0.25, 0.3) is 0 Å². The first-order valence-electron chi connectivity index (χ1n) is 9.91. The molecule has 1 unspecified atom stereocenters. The summed E-state index contributed by atoms with van der Waals surface area (Å²) in [6.45, 7) is 12.7. The molecule has 28 heavy (non-hydrogen) atoms. The van der Waals surface area contributed by atoms with Gasteiger partial charge in [-0.15, -0.1) is 23.1 Å². The zero-order chi connectivity index (χ0) is 20.1. The van der Waals surface area contributed by atoms with Gasteiger partial charge in [-0.05, 0) is 44.0 Å². The number of amides is 2. The summed E-state index contributed by atoms with van der Waals surface area (Å²) in [6.07, 6.45) is 1.15. The van der Waals surface area contributed by atoms with Gasteiger partial charge >= 0.3 is 6.03 Å². The molecule has 0 aliphatic carbocycles. The van der Waals surface area contributed by atoms with Crippen LogP contribution >= 0.6 is 23.1 Å². The van der Waals surface area contributed by atoms with E-state index in [9.17, 15) is 4.79 Å². The van der Waals surface area contributed by atoms with Crippen LogP contribution in [0.4, 0.5) is 10.5 Å². The third-order valence-corrected chi connectivity index (χ3v) is 7.15. The molecule has 1 aliphatic heterocycles. The third kappa shape index (κ3) is 5.72. The van der Waals surface area contributed by atoms with Crippen LogP contribution in [0.5, 0.6) is 0 Å². The predicted octanol–water partition coefficient (Wildman–Crippen LogP) is 5.00. The highest BCUT2D eigenvalue weighted by atomic mass is 32.2.